The summed E-state index contributed by atoms with van der Waals surface area (Å²) in [5.41, 5.74) is -0.444. The number of ether oxygens (including phenoxy) is 2. The molecule has 0 bridgehead atoms. The normalized spacial score (nSPS) is 18.2. The highest BCUT2D eigenvalue weighted by Crippen LogP contribution is 2.38. The SMILES string of the molecule is O=C(Cc1cc(Cl)c2c(c1)OCCO2)NC1(C(=O)O)CCC1. The maximum Gasteiger partial charge on any atom is 0.329 e. The van der Waals surface area contributed by atoms with Gasteiger partial charge >= 0.3 is 5.97 Å². The second-order valence-electron chi connectivity index (χ2n) is 5.57. The third-order valence-corrected chi connectivity index (χ3v) is 4.30. The van der Waals surface area contributed by atoms with Crippen LogP contribution in [0.4, 0.5) is 0 Å². The van der Waals surface area contributed by atoms with Crippen molar-refractivity contribution in [2.24, 2.45) is 0 Å². The molecule has 1 fully saturated rings. The lowest BCUT2D eigenvalue weighted by molar-refractivity contribution is -0.151. The highest BCUT2D eigenvalue weighted by Gasteiger charge is 2.45. The van der Waals surface area contributed by atoms with E-state index in [2.05, 4.69) is 5.32 Å². The molecule has 1 aliphatic carbocycles. The summed E-state index contributed by atoms with van der Waals surface area (Å²) < 4.78 is 10.9. The molecule has 0 spiro atoms. The van der Waals surface area contributed by atoms with Crippen molar-refractivity contribution in [1.82, 2.24) is 5.32 Å². The number of carboxylic acid groups (broad SMARTS) is 1. The van der Waals surface area contributed by atoms with Gasteiger partial charge < -0.3 is 19.9 Å². The number of carbonyl (C=O) groups excluding carboxylic acids is 1. The van der Waals surface area contributed by atoms with E-state index in [0.717, 1.165) is 6.42 Å². The molecule has 0 saturated heterocycles. The number of fused-ring (bicyclic) bond motifs is 1. The van der Waals surface area contributed by atoms with Gasteiger partial charge in [-0.25, -0.2) is 4.79 Å². The molecule has 6 nitrogen and oxygen atoms in total. The van der Waals surface area contributed by atoms with E-state index >= 15 is 0 Å². The van der Waals surface area contributed by atoms with Crippen LogP contribution in [-0.4, -0.2) is 35.7 Å². The minimum absolute atomic E-state index is 0.0470. The lowest BCUT2D eigenvalue weighted by Gasteiger charge is -2.38. The summed E-state index contributed by atoms with van der Waals surface area (Å²) in [7, 11) is 0. The Morgan fingerprint density at radius 2 is 2.00 bits per heavy atom. The Hall–Kier alpha value is -1.95. The van der Waals surface area contributed by atoms with E-state index in [1.54, 1.807) is 12.1 Å². The summed E-state index contributed by atoms with van der Waals surface area (Å²) in [6.45, 7) is 0.870. The fourth-order valence-electron chi connectivity index (χ4n) is 2.69. The second kappa shape index (κ2) is 5.68. The molecule has 2 aliphatic rings. The lowest BCUT2D eigenvalue weighted by atomic mass is 9.76. The first-order valence-electron chi connectivity index (χ1n) is 7.13. The van der Waals surface area contributed by atoms with Crippen molar-refractivity contribution >= 4 is 23.5 Å². The molecule has 22 heavy (non-hydrogen) atoms. The van der Waals surface area contributed by atoms with E-state index in [9.17, 15) is 14.7 Å². The number of benzene rings is 1. The minimum Gasteiger partial charge on any atom is -0.486 e. The van der Waals surface area contributed by atoms with Gasteiger partial charge in [0.05, 0.1) is 11.4 Å². The molecule has 1 heterocycles. The first kappa shape index (κ1) is 15.0. The largest absolute Gasteiger partial charge is 0.486 e. The molecule has 0 aromatic heterocycles. The number of amides is 1. The molecule has 1 aromatic rings. The molecule has 2 N–H and O–H groups in total. The number of carbonyl (C=O) groups is 2. The van der Waals surface area contributed by atoms with Crippen LogP contribution in [0.3, 0.4) is 0 Å². The Labute approximate surface area is 132 Å². The Morgan fingerprint density at radius 1 is 1.27 bits per heavy atom. The summed E-state index contributed by atoms with van der Waals surface area (Å²) in [6, 6.07) is 3.34. The Balaban J connectivity index is 1.72. The van der Waals surface area contributed by atoms with Gasteiger partial charge in [-0.05, 0) is 37.0 Å². The molecule has 1 saturated carbocycles. The van der Waals surface area contributed by atoms with Gasteiger partial charge in [0.15, 0.2) is 11.5 Å². The monoisotopic (exact) mass is 325 g/mol. The Bertz CT molecular complexity index is 627. The van der Waals surface area contributed by atoms with Gasteiger partial charge in [-0.3, -0.25) is 4.79 Å². The third kappa shape index (κ3) is 2.70. The maximum absolute atomic E-state index is 12.1. The number of carboxylic acids is 1. The average molecular weight is 326 g/mol. The van der Waals surface area contributed by atoms with Crippen molar-refractivity contribution in [3.05, 3.63) is 22.7 Å². The fraction of sp³-hybridized carbons (Fsp3) is 0.467. The molecule has 1 aromatic carbocycles. The second-order valence-corrected chi connectivity index (χ2v) is 5.97. The van der Waals surface area contributed by atoms with Crippen LogP contribution in [-0.2, 0) is 16.0 Å². The van der Waals surface area contributed by atoms with Crippen LogP contribution in [0.15, 0.2) is 12.1 Å². The highest BCUT2D eigenvalue weighted by atomic mass is 35.5. The third-order valence-electron chi connectivity index (χ3n) is 4.02. The number of halogens is 1. The zero-order valence-electron chi connectivity index (χ0n) is 11.9. The van der Waals surface area contributed by atoms with Crippen molar-refractivity contribution in [1.29, 1.82) is 0 Å². The molecule has 7 heteroatoms. The van der Waals surface area contributed by atoms with Gasteiger partial charge in [-0.15, -0.1) is 0 Å². The first-order valence-corrected chi connectivity index (χ1v) is 7.50. The van der Waals surface area contributed by atoms with Gasteiger partial charge in [0.1, 0.15) is 18.8 Å². The standard InChI is InChI=1S/C15H16ClNO5/c16-10-6-9(7-11-13(10)22-5-4-21-11)8-12(18)17-15(14(19)20)2-1-3-15/h6-7H,1-5,8H2,(H,17,18)(H,19,20). The van der Waals surface area contributed by atoms with E-state index in [-0.39, 0.29) is 12.3 Å². The molecular formula is C15H16ClNO5. The smallest absolute Gasteiger partial charge is 0.329 e. The van der Waals surface area contributed by atoms with Crippen LogP contribution in [0.25, 0.3) is 0 Å². The maximum atomic E-state index is 12.1. The summed E-state index contributed by atoms with van der Waals surface area (Å²) in [4.78, 5) is 23.4. The lowest BCUT2D eigenvalue weighted by Crippen LogP contribution is -2.59. The van der Waals surface area contributed by atoms with Gasteiger partial charge in [0.2, 0.25) is 5.91 Å². The molecule has 3 rings (SSSR count). The van der Waals surface area contributed by atoms with Crippen LogP contribution >= 0.6 is 11.6 Å². The van der Waals surface area contributed by atoms with Gasteiger partial charge in [-0.2, -0.15) is 0 Å². The van der Waals surface area contributed by atoms with Crippen LogP contribution in [0.5, 0.6) is 11.5 Å². The van der Waals surface area contributed by atoms with Crippen molar-refractivity contribution in [2.75, 3.05) is 13.2 Å². The van der Waals surface area contributed by atoms with Crippen molar-refractivity contribution in [2.45, 2.75) is 31.2 Å². The molecule has 0 unspecified atom stereocenters. The quantitative estimate of drug-likeness (QED) is 0.881. The molecule has 1 aliphatic heterocycles. The van der Waals surface area contributed by atoms with Crippen molar-refractivity contribution in [3.8, 4) is 11.5 Å². The summed E-state index contributed by atoms with van der Waals surface area (Å²) in [6.07, 6.45) is 1.79. The van der Waals surface area contributed by atoms with E-state index in [0.29, 0.717) is 48.1 Å². The van der Waals surface area contributed by atoms with Crippen LogP contribution in [0.2, 0.25) is 5.02 Å². The number of hydrogen-bond donors (Lipinski definition) is 2. The molecule has 118 valence electrons. The molecule has 1 amide bonds. The van der Waals surface area contributed by atoms with Crippen LogP contribution in [0.1, 0.15) is 24.8 Å². The van der Waals surface area contributed by atoms with Gasteiger partial charge in [0, 0.05) is 0 Å². The molecular weight excluding hydrogens is 310 g/mol. The highest BCUT2D eigenvalue weighted by molar-refractivity contribution is 6.32. The van der Waals surface area contributed by atoms with E-state index < -0.39 is 11.5 Å². The van der Waals surface area contributed by atoms with Crippen LogP contribution < -0.4 is 14.8 Å². The van der Waals surface area contributed by atoms with E-state index in [1.807, 2.05) is 0 Å². The number of aliphatic carboxylic acids is 1. The van der Waals surface area contributed by atoms with E-state index in [4.69, 9.17) is 21.1 Å². The summed E-state index contributed by atoms with van der Waals surface area (Å²) in [5.74, 6) is -0.321. The first-order chi connectivity index (χ1) is 10.5. The predicted octanol–water partition coefficient (Wildman–Crippen LogP) is 1.78. The molecule has 0 atom stereocenters. The zero-order chi connectivity index (χ0) is 15.7. The summed E-state index contributed by atoms with van der Waals surface area (Å²) >= 11 is 6.12. The molecule has 0 radical (unpaired) electrons. The number of rotatable bonds is 4. The van der Waals surface area contributed by atoms with E-state index in [1.165, 1.54) is 0 Å². The number of hydrogen-bond acceptors (Lipinski definition) is 4. The Morgan fingerprint density at radius 3 is 2.64 bits per heavy atom. The topological polar surface area (TPSA) is 84.9 Å². The fourth-order valence-corrected chi connectivity index (χ4v) is 2.97. The predicted molar refractivity (Wildman–Crippen MR) is 78.5 cm³/mol. The Kier molecular flexibility index (Phi) is 3.87. The number of nitrogens with one attached hydrogen (secondary N) is 1. The minimum atomic E-state index is -1.10. The van der Waals surface area contributed by atoms with Crippen molar-refractivity contribution in [3.63, 3.8) is 0 Å². The summed E-state index contributed by atoms with van der Waals surface area (Å²) in [5, 5.41) is 12.2. The van der Waals surface area contributed by atoms with Gasteiger partial charge in [0.25, 0.3) is 0 Å². The van der Waals surface area contributed by atoms with Gasteiger partial charge in [-0.1, -0.05) is 11.6 Å². The van der Waals surface area contributed by atoms with Crippen LogP contribution in [0, 0.1) is 0 Å². The zero-order valence-corrected chi connectivity index (χ0v) is 12.6. The average Bonchev–Trinajstić information content (AvgIpc) is 2.42. The van der Waals surface area contributed by atoms with Crippen molar-refractivity contribution < 1.29 is 24.2 Å².